The summed E-state index contributed by atoms with van der Waals surface area (Å²) < 4.78 is 59.2. The standard InChI is InChI=1S/C12H16F3NO2S/c1-3-4-10(2)5-6-11(9-16)19(17,18)8-7-12(13,14)15/h1,10-11H,4-8H2,2H3. The molecule has 19 heavy (non-hydrogen) atoms. The topological polar surface area (TPSA) is 57.9 Å². The van der Waals surface area contributed by atoms with Crippen molar-refractivity contribution in [2.75, 3.05) is 5.75 Å². The molecule has 0 bridgehead atoms. The Balaban J connectivity index is 4.52. The van der Waals surface area contributed by atoms with Gasteiger partial charge in [-0.1, -0.05) is 6.92 Å². The van der Waals surface area contributed by atoms with Gasteiger partial charge in [-0.05, 0) is 18.8 Å². The Hall–Kier alpha value is -1.21. The van der Waals surface area contributed by atoms with Gasteiger partial charge in [-0.15, -0.1) is 12.3 Å². The molecule has 0 rings (SSSR count). The first-order valence-corrected chi connectivity index (χ1v) is 7.45. The SMILES string of the molecule is C#CCC(C)CCC(C#N)S(=O)(=O)CCC(F)(F)F. The van der Waals surface area contributed by atoms with Gasteiger partial charge < -0.3 is 0 Å². The molecule has 0 aromatic rings. The minimum atomic E-state index is -4.54. The van der Waals surface area contributed by atoms with Crippen molar-refractivity contribution in [3.8, 4) is 18.4 Å². The molecule has 0 radical (unpaired) electrons. The molecule has 0 aliphatic heterocycles. The predicted molar refractivity (Wildman–Crippen MR) is 65.7 cm³/mol. The summed E-state index contributed by atoms with van der Waals surface area (Å²) in [6, 6.07) is 1.57. The number of nitrogens with zero attached hydrogens (tertiary/aromatic N) is 1. The normalized spacial score (nSPS) is 15.3. The molecule has 2 unspecified atom stereocenters. The Morgan fingerprint density at radius 2 is 1.89 bits per heavy atom. The van der Waals surface area contributed by atoms with Gasteiger partial charge in [0.15, 0.2) is 9.84 Å². The van der Waals surface area contributed by atoms with Crippen LogP contribution < -0.4 is 0 Å². The number of alkyl halides is 3. The van der Waals surface area contributed by atoms with Crippen molar-refractivity contribution >= 4 is 9.84 Å². The van der Waals surface area contributed by atoms with Crippen LogP contribution in [0.15, 0.2) is 0 Å². The second kappa shape index (κ2) is 7.40. The van der Waals surface area contributed by atoms with E-state index < -0.39 is 33.4 Å². The van der Waals surface area contributed by atoms with Gasteiger partial charge in [-0.3, -0.25) is 0 Å². The Labute approximate surface area is 111 Å². The Bertz CT molecular complexity index is 457. The van der Waals surface area contributed by atoms with Crippen molar-refractivity contribution in [1.82, 2.24) is 0 Å². The van der Waals surface area contributed by atoms with Crippen LogP contribution in [-0.2, 0) is 9.84 Å². The van der Waals surface area contributed by atoms with Gasteiger partial charge in [0.1, 0.15) is 5.25 Å². The summed E-state index contributed by atoms with van der Waals surface area (Å²) in [5.74, 6) is 1.41. The second-order valence-electron chi connectivity index (χ2n) is 4.44. The van der Waals surface area contributed by atoms with Gasteiger partial charge >= 0.3 is 6.18 Å². The largest absolute Gasteiger partial charge is 0.390 e. The highest BCUT2D eigenvalue weighted by atomic mass is 32.2. The molecule has 0 amide bonds. The molecule has 0 spiro atoms. The first-order valence-electron chi connectivity index (χ1n) is 5.73. The lowest BCUT2D eigenvalue weighted by molar-refractivity contribution is -0.129. The summed E-state index contributed by atoms with van der Waals surface area (Å²) in [5, 5.41) is 7.39. The van der Waals surface area contributed by atoms with Gasteiger partial charge in [-0.25, -0.2) is 8.42 Å². The fourth-order valence-electron chi connectivity index (χ4n) is 1.46. The summed E-state index contributed by atoms with van der Waals surface area (Å²) in [7, 11) is -4.05. The van der Waals surface area contributed by atoms with E-state index in [1.165, 1.54) is 0 Å². The highest BCUT2D eigenvalue weighted by Gasteiger charge is 2.33. The van der Waals surface area contributed by atoms with E-state index in [1.807, 2.05) is 0 Å². The molecule has 0 aromatic heterocycles. The molecule has 7 heteroatoms. The summed E-state index contributed by atoms with van der Waals surface area (Å²) in [6.45, 7) is 1.80. The van der Waals surface area contributed by atoms with Gasteiger partial charge in [-0.2, -0.15) is 18.4 Å². The maximum absolute atomic E-state index is 12.0. The molecule has 0 aliphatic carbocycles. The molecule has 0 aromatic carbocycles. The van der Waals surface area contributed by atoms with Crippen LogP contribution >= 0.6 is 0 Å². The van der Waals surface area contributed by atoms with E-state index in [1.54, 1.807) is 13.0 Å². The fourth-order valence-corrected chi connectivity index (χ4v) is 2.92. The molecular formula is C12H16F3NO2S. The minimum Gasteiger partial charge on any atom is -0.227 e. The van der Waals surface area contributed by atoms with Crippen LogP contribution in [0.25, 0.3) is 0 Å². The first-order chi connectivity index (χ1) is 8.62. The van der Waals surface area contributed by atoms with Crippen molar-refractivity contribution in [3.63, 3.8) is 0 Å². The summed E-state index contributed by atoms with van der Waals surface area (Å²) >= 11 is 0. The molecule has 3 nitrogen and oxygen atoms in total. The molecule has 0 aliphatic rings. The second-order valence-corrected chi connectivity index (χ2v) is 6.74. The van der Waals surface area contributed by atoms with Gasteiger partial charge in [0.2, 0.25) is 0 Å². The summed E-state index contributed by atoms with van der Waals surface area (Å²) in [4.78, 5) is 0. The fraction of sp³-hybridized carbons (Fsp3) is 0.750. The Morgan fingerprint density at radius 1 is 1.32 bits per heavy atom. The van der Waals surface area contributed by atoms with E-state index in [9.17, 15) is 21.6 Å². The molecule has 0 fully saturated rings. The molecule has 0 saturated carbocycles. The smallest absolute Gasteiger partial charge is 0.227 e. The lowest BCUT2D eigenvalue weighted by Crippen LogP contribution is -2.26. The third-order valence-electron chi connectivity index (χ3n) is 2.64. The van der Waals surface area contributed by atoms with Crippen molar-refractivity contribution in [1.29, 1.82) is 5.26 Å². The number of rotatable bonds is 7. The van der Waals surface area contributed by atoms with Crippen molar-refractivity contribution in [2.45, 2.75) is 44.0 Å². The van der Waals surface area contributed by atoms with Crippen LogP contribution in [0.3, 0.4) is 0 Å². The van der Waals surface area contributed by atoms with E-state index in [-0.39, 0.29) is 12.3 Å². The van der Waals surface area contributed by atoms with Gasteiger partial charge in [0, 0.05) is 6.42 Å². The molecule has 108 valence electrons. The molecular weight excluding hydrogens is 279 g/mol. The lowest BCUT2D eigenvalue weighted by atomic mass is 10.0. The molecule has 0 saturated heterocycles. The number of nitriles is 1. The monoisotopic (exact) mass is 295 g/mol. The maximum Gasteiger partial charge on any atom is 0.390 e. The summed E-state index contributed by atoms with van der Waals surface area (Å²) in [6.07, 6.45) is -0.0145. The van der Waals surface area contributed by atoms with Crippen LogP contribution in [0, 0.1) is 29.6 Å². The van der Waals surface area contributed by atoms with Crippen LogP contribution in [0.2, 0.25) is 0 Å². The molecule has 0 heterocycles. The third kappa shape index (κ3) is 7.74. The van der Waals surface area contributed by atoms with Crippen LogP contribution in [0.5, 0.6) is 0 Å². The number of hydrogen-bond acceptors (Lipinski definition) is 3. The van der Waals surface area contributed by atoms with Crippen molar-refractivity contribution < 1.29 is 21.6 Å². The van der Waals surface area contributed by atoms with Crippen molar-refractivity contribution in [3.05, 3.63) is 0 Å². The zero-order valence-corrected chi connectivity index (χ0v) is 11.4. The minimum absolute atomic E-state index is 0.0134. The number of sulfone groups is 1. The Kier molecular flexibility index (Phi) is 6.93. The average molecular weight is 295 g/mol. The maximum atomic E-state index is 12.0. The highest BCUT2D eigenvalue weighted by molar-refractivity contribution is 7.92. The summed E-state index contributed by atoms with van der Waals surface area (Å²) in [5.41, 5.74) is 0. The van der Waals surface area contributed by atoms with Crippen LogP contribution in [0.4, 0.5) is 13.2 Å². The van der Waals surface area contributed by atoms with E-state index >= 15 is 0 Å². The third-order valence-corrected chi connectivity index (χ3v) is 4.62. The number of hydrogen-bond donors (Lipinski definition) is 0. The molecule has 2 atom stereocenters. The average Bonchev–Trinajstić information content (AvgIpc) is 2.26. The van der Waals surface area contributed by atoms with E-state index in [4.69, 9.17) is 11.7 Å². The van der Waals surface area contributed by atoms with Crippen LogP contribution in [-0.4, -0.2) is 25.6 Å². The van der Waals surface area contributed by atoms with Crippen molar-refractivity contribution in [2.24, 2.45) is 5.92 Å². The Morgan fingerprint density at radius 3 is 2.32 bits per heavy atom. The quantitative estimate of drug-likeness (QED) is 0.678. The lowest BCUT2D eigenvalue weighted by Gasteiger charge is -2.14. The van der Waals surface area contributed by atoms with Gasteiger partial charge in [0.25, 0.3) is 0 Å². The number of terminal acetylenes is 1. The molecule has 0 N–H and O–H groups in total. The predicted octanol–water partition coefficient (Wildman–Crippen LogP) is 2.69. The zero-order valence-electron chi connectivity index (χ0n) is 10.6. The highest BCUT2D eigenvalue weighted by Crippen LogP contribution is 2.23. The number of halogens is 3. The van der Waals surface area contributed by atoms with E-state index in [0.29, 0.717) is 12.8 Å². The first kappa shape index (κ1) is 17.8. The zero-order chi connectivity index (χ0) is 15.1. The van der Waals surface area contributed by atoms with Gasteiger partial charge in [0.05, 0.1) is 18.2 Å². The van der Waals surface area contributed by atoms with E-state index in [2.05, 4.69) is 5.92 Å². The van der Waals surface area contributed by atoms with E-state index in [0.717, 1.165) is 0 Å². The van der Waals surface area contributed by atoms with Crippen LogP contribution in [0.1, 0.15) is 32.6 Å².